The fourth-order valence-corrected chi connectivity index (χ4v) is 2.13. The molecule has 0 spiro atoms. The molecular weight excluding hydrogens is 314 g/mol. The number of rotatable bonds is 1. The van der Waals surface area contributed by atoms with E-state index in [4.69, 9.17) is 45.3 Å². The third-order valence-electron chi connectivity index (χ3n) is 2.93. The number of halogens is 3. The number of carbonyl (C=O) groups excluding carboxylic acids is 1. The smallest absolute Gasteiger partial charge is 0.412 e. The zero-order valence-corrected chi connectivity index (χ0v) is 12.4. The first-order valence-electron chi connectivity index (χ1n) is 5.52. The van der Waals surface area contributed by atoms with Gasteiger partial charge in [0.15, 0.2) is 12.1 Å². The van der Waals surface area contributed by atoms with E-state index < -0.39 is 16.1 Å². The second kappa shape index (κ2) is 5.26. The summed E-state index contributed by atoms with van der Waals surface area (Å²) in [7, 11) is 1.81. The van der Waals surface area contributed by atoms with Crippen LogP contribution in [0, 0.1) is 0 Å². The third kappa shape index (κ3) is 3.19. The Labute approximate surface area is 125 Å². The van der Waals surface area contributed by atoms with Crippen LogP contribution in [0.5, 0.6) is 0 Å². The van der Waals surface area contributed by atoms with Gasteiger partial charge in [0, 0.05) is 13.6 Å². The molecule has 0 aromatic carbocycles. The number of guanidine groups is 1. The van der Waals surface area contributed by atoms with Crippen LogP contribution in [-0.2, 0) is 4.74 Å². The van der Waals surface area contributed by atoms with Crippen LogP contribution in [-0.4, -0.2) is 58.1 Å². The van der Waals surface area contributed by atoms with Crippen molar-refractivity contribution in [1.29, 1.82) is 0 Å². The summed E-state index contributed by atoms with van der Waals surface area (Å²) in [5, 5.41) is 0. The van der Waals surface area contributed by atoms with Crippen molar-refractivity contribution in [3.05, 3.63) is 12.2 Å². The Morgan fingerprint density at radius 3 is 2.95 bits per heavy atom. The van der Waals surface area contributed by atoms with E-state index in [0.29, 0.717) is 12.5 Å². The molecule has 0 fully saturated rings. The van der Waals surface area contributed by atoms with E-state index in [1.165, 1.54) is 4.90 Å². The van der Waals surface area contributed by atoms with Gasteiger partial charge in [-0.3, -0.25) is 4.90 Å². The highest BCUT2D eigenvalue weighted by molar-refractivity contribution is 6.67. The van der Waals surface area contributed by atoms with Crippen molar-refractivity contribution >= 4 is 46.9 Å². The second-order valence-corrected chi connectivity index (χ2v) is 6.77. The quantitative estimate of drug-likeness (QED) is 0.582. The lowest BCUT2D eigenvalue weighted by molar-refractivity contribution is 0.0845. The van der Waals surface area contributed by atoms with Gasteiger partial charge in [-0.25, -0.2) is 9.79 Å². The van der Waals surface area contributed by atoms with Crippen LogP contribution in [0.3, 0.4) is 0 Å². The average Bonchev–Trinajstić information content (AvgIpc) is 2.62. The molecule has 0 saturated heterocycles. The van der Waals surface area contributed by atoms with Crippen molar-refractivity contribution in [2.75, 3.05) is 20.2 Å². The van der Waals surface area contributed by atoms with Crippen LogP contribution in [0.2, 0.25) is 0 Å². The Hall–Kier alpha value is -0.850. The fraction of sp³-hybridized carbons (Fsp3) is 0.600. The molecule has 2 heterocycles. The van der Waals surface area contributed by atoms with Gasteiger partial charge in [-0.1, -0.05) is 47.0 Å². The number of likely N-dealkylation sites (N-methyl/N-ethyl adjacent to an activating group) is 1. The Kier molecular flexibility index (Phi) is 4.03. The summed E-state index contributed by atoms with van der Waals surface area (Å²) in [5.74, 6) is 0.376. The first-order chi connectivity index (χ1) is 8.79. The first-order valence-corrected chi connectivity index (χ1v) is 6.66. The topological polar surface area (TPSA) is 71.2 Å². The molecule has 2 rings (SSSR count). The molecular formula is C10H13Cl3N4O2. The normalized spacial score (nSPS) is 26.2. The van der Waals surface area contributed by atoms with E-state index in [1.807, 2.05) is 19.2 Å². The number of amides is 1. The van der Waals surface area contributed by atoms with Gasteiger partial charge >= 0.3 is 6.09 Å². The van der Waals surface area contributed by atoms with Gasteiger partial charge in [0.2, 0.25) is 3.79 Å². The molecule has 9 heteroatoms. The maximum Gasteiger partial charge on any atom is 0.412 e. The van der Waals surface area contributed by atoms with Crippen molar-refractivity contribution in [1.82, 2.24) is 9.80 Å². The summed E-state index contributed by atoms with van der Waals surface area (Å²) in [4.78, 5) is 19.4. The predicted octanol–water partition coefficient (Wildman–Crippen LogP) is 1.32. The fourth-order valence-electron chi connectivity index (χ4n) is 1.97. The highest BCUT2D eigenvalue weighted by atomic mass is 35.6. The molecule has 2 unspecified atom stereocenters. The first kappa shape index (κ1) is 14.6. The van der Waals surface area contributed by atoms with Crippen molar-refractivity contribution in [3.8, 4) is 0 Å². The minimum absolute atomic E-state index is 0.0888. The van der Waals surface area contributed by atoms with Gasteiger partial charge in [0.05, 0.1) is 6.04 Å². The maximum absolute atomic E-state index is 12.0. The molecule has 0 aliphatic carbocycles. The van der Waals surface area contributed by atoms with Crippen LogP contribution >= 0.6 is 34.8 Å². The van der Waals surface area contributed by atoms with Gasteiger partial charge in [-0.2, -0.15) is 0 Å². The molecule has 6 nitrogen and oxygen atoms in total. The number of nitrogens with zero attached hydrogens (tertiary/aromatic N) is 3. The highest BCUT2D eigenvalue weighted by Crippen LogP contribution is 2.27. The SMILES string of the molecule is CN1C(N)=NC2C1C=CCN2C(=O)OCC(Cl)(Cl)Cl. The number of alkyl halides is 3. The van der Waals surface area contributed by atoms with E-state index in [2.05, 4.69) is 4.99 Å². The largest absolute Gasteiger partial charge is 0.445 e. The zero-order valence-electron chi connectivity index (χ0n) is 10.1. The van der Waals surface area contributed by atoms with Crippen molar-refractivity contribution in [3.63, 3.8) is 0 Å². The number of hydrogen-bond acceptors (Lipinski definition) is 5. The second-order valence-electron chi connectivity index (χ2n) is 4.25. The highest BCUT2D eigenvalue weighted by Gasteiger charge is 2.40. The van der Waals surface area contributed by atoms with E-state index in [9.17, 15) is 4.79 Å². The Balaban J connectivity index is 2.05. The number of ether oxygens (including phenoxy) is 1. The van der Waals surface area contributed by atoms with Crippen LogP contribution in [0.25, 0.3) is 0 Å². The van der Waals surface area contributed by atoms with Crippen LogP contribution in [0.15, 0.2) is 17.1 Å². The summed E-state index contributed by atoms with van der Waals surface area (Å²) in [6.45, 7) is 0.0631. The van der Waals surface area contributed by atoms with E-state index >= 15 is 0 Å². The van der Waals surface area contributed by atoms with E-state index in [1.54, 1.807) is 4.90 Å². The van der Waals surface area contributed by atoms with Crippen molar-refractivity contribution < 1.29 is 9.53 Å². The number of fused-ring (bicyclic) bond motifs is 1. The summed E-state index contributed by atoms with van der Waals surface area (Å²) in [5.41, 5.74) is 5.74. The average molecular weight is 328 g/mol. The van der Waals surface area contributed by atoms with Crippen LogP contribution in [0.1, 0.15) is 0 Å². The van der Waals surface area contributed by atoms with Gasteiger partial charge < -0.3 is 15.4 Å². The van der Waals surface area contributed by atoms with Gasteiger partial charge in [-0.15, -0.1) is 0 Å². The van der Waals surface area contributed by atoms with E-state index in [-0.39, 0.29) is 12.6 Å². The predicted molar refractivity (Wildman–Crippen MR) is 74.4 cm³/mol. The molecule has 2 aliphatic rings. The standard InChI is InChI=1S/C10H13Cl3N4O2/c1-16-6-3-2-4-17(7(6)15-8(16)14)9(18)19-5-10(11,12)13/h2-3,6-7H,4-5H2,1H3,(H2,14,15). The Morgan fingerprint density at radius 1 is 1.63 bits per heavy atom. The summed E-state index contributed by atoms with van der Waals surface area (Å²) in [6, 6.07) is -0.0888. The number of carbonyl (C=O) groups is 1. The van der Waals surface area contributed by atoms with E-state index in [0.717, 1.165) is 0 Å². The monoisotopic (exact) mass is 326 g/mol. The molecule has 2 N–H and O–H groups in total. The molecule has 0 aromatic heterocycles. The molecule has 0 bridgehead atoms. The summed E-state index contributed by atoms with van der Waals surface area (Å²) < 4.78 is 3.32. The molecule has 1 amide bonds. The Morgan fingerprint density at radius 2 is 2.32 bits per heavy atom. The van der Waals surface area contributed by atoms with Crippen LogP contribution in [0.4, 0.5) is 4.79 Å². The lowest BCUT2D eigenvalue weighted by atomic mass is 10.1. The molecule has 19 heavy (non-hydrogen) atoms. The molecule has 0 saturated carbocycles. The molecule has 106 valence electrons. The minimum atomic E-state index is -1.63. The summed E-state index contributed by atoms with van der Waals surface area (Å²) in [6.07, 6.45) is 2.81. The number of aliphatic imine (C=N–C) groups is 1. The lowest BCUT2D eigenvalue weighted by Gasteiger charge is -2.33. The van der Waals surface area contributed by atoms with Crippen LogP contribution < -0.4 is 5.73 Å². The number of nitrogens with two attached hydrogens (primary N) is 1. The maximum atomic E-state index is 12.0. The molecule has 0 radical (unpaired) electrons. The van der Waals surface area contributed by atoms with Crippen molar-refractivity contribution in [2.24, 2.45) is 10.7 Å². The Bertz CT molecular complexity index is 435. The molecule has 2 aliphatic heterocycles. The zero-order chi connectivity index (χ0) is 14.2. The molecule has 2 atom stereocenters. The summed E-state index contributed by atoms with van der Waals surface area (Å²) >= 11 is 16.6. The van der Waals surface area contributed by atoms with Gasteiger partial charge in [0.1, 0.15) is 6.61 Å². The minimum Gasteiger partial charge on any atom is -0.445 e. The number of hydrogen-bond donors (Lipinski definition) is 1. The van der Waals surface area contributed by atoms with Crippen molar-refractivity contribution in [2.45, 2.75) is 16.0 Å². The van der Waals surface area contributed by atoms with Gasteiger partial charge in [-0.05, 0) is 0 Å². The lowest BCUT2D eigenvalue weighted by Crippen LogP contribution is -2.50. The van der Waals surface area contributed by atoms with Gasteiger partial charge in [0.25, 0.3) is 0 Å². The third-order valence-corrected chi connectivity index (χ3v) is 3.25. The molecule has 0 aromatic rings.